The van der Waals surface area contributed by atoms with Gasteiger partial charge in [0.15, 0.2) is 9.84 Å². The highest BCUT2D eigenvalue weighted by Gasteiger charge is 2.52. The Bertz CT molecular complexity index is 817. The molecule has 0 radical (unpaired) electrons. The Morgan fingerprint density at radius 3 is 2.25 bits per heavy atom. The van der Waals surface area contributed by atoms with E-state index in [0.29, 0.717) is 11.4 Å². The summed E-state index contributed by atoms with van der Waals surface area (Å²) in [5.41, 5.74) is -0.0305. The molecule has 5 fully saturated rings. The van der Waals surface area contributed by atoms with Crippen molar-refractivity contribution in [2.24, 2.45) is 17.8 Å². The molecule has 1 saturated heterocycles. The summed E-state index contributed by atoms with van der Waals surface area (Å²) in [6.45, 7) is 0.660. The monoisotopic (exact) mass is 402 g/mol. The van der Waals surface area contributed by atoms with Crippen LogP contribution in [0.4, 0.5) is 4.79 Å². The number of hydrogen-bond acceptors (Lipinski definition) is 3. The molecule has 1 atom stereocenters. The molecule has 6 heteroatoms. The lowest BCUT2D eigenvalue weighted by atomic mass is 9.53. The highest BCUT2D eigenvalue weighted by atomic mass is 32.2. The highest BCUT2D eigenvalue weighted by Crippen LogP contribution is 2.55. The van der Waals surface area contributed by atoms with E-state index >= 15 is 0 Å². The number of urea groups is 1. The van der Waals surface area contributed by atoms with Crippen LogP contribution in [0.5, 0.6) is 0 Å². The van der Waals surface area contributed by atoms with E-state index in [0.717, 1.165) is 49.9 Å². The summed E-state index contributed by atoms with van der Waals surface area (Å²) in [4.78, 5) is 15.3. The maximum atomic E-state index is 13.2. The molecule has 4 saturated carbocycles. The molecule has 0 aromatic heterocycles. The van der Waals surface area contributed by atoms with Crippen LogP contribution in [0.2, 0.25) is 0 Å². The fourth-order valence-corrected chi connectivity index (χ4v) is 8.43. The van der Waals surface area contributed by atoms with Gasteiger partial charge in [-0.3, -0.25) is 0 Å². The first-order valence-electron chi connectivity index (χ1n) is 10.8. The Hall–Kier alpha value is -1.56. The number of benzene rings is 1. The number of sulfone groups is 1. The zero-order chi connectivity index (χ0) is 19.4. The number of likely N-dealkylation sites (tertiary alicyclic amines) is 1. The van der Waals surface area contributed by atoms with Gasteiger partial charge in [0.25, 0.3) is 0 Å². The van der Waals surface area contributed by atoms with E-state index in [2.05, 4.69) is 5.32 Å². The van der Waals surface area contributed by atoms with Crippen LogP contribution in [-0.4, -0.2) is 43.2 Å². The lowest BCUT2D eigenvalue weighted by Gasteiger charge is -2.57. The van der Waals surface area contributed by atoms with Gasteiger partial charge in [-0.2, -0.15) is 0 Å². The summed E-state index contributed by atoms with van der Waals surface area (Å²) in [5, 5.41) is 3.41. The summed E-state index contributed by atoms with van der Waals surface area (Å²) < 4.78 is 25.6. The lowest BCUT2D eigenvalue weighted by molar-refractivity contribution is -0.0157. The molecule has 4 bridgehead atoms. The third-order valence-electron chi connectivity index (χ3n) is 7.56. The van der Waals surface area contributed by atoms with E-state index in [1.165, 1.54) is 19.3 Å². The molecular weight excluding hydrogens is 372 g/mol. The lowest BCUT2D eigenvalue weighted by Crippen LogP contribution is -2.62. The minimum atomic E-state index is -3.38. The number of carbonyl (C=O) groups is 1. The second-order valence-electron chi connectivity index (χ2n) is 9.71. The zero-order valence-corrected chi connectivity index (χ0v) is 17.2. The van der Waals surface area contributed by atoms with Gasteiger partial charge in [-0.05, 0) is 81.3 Å². The Balaban J connectivity index is 1.29. The molecule has 0 spiro atoms. The summed E-state index contributed by atoms with van der Waals surface area (Å²) in [7, 11) is -3.38. The quantitative estimate of drug-likeness (QED) is 0.837. The Morgan fingerprint density at radius 1 is 1.04 bits per heavy atom. The zero-order valence-electron chi connectivity index (χ0n) is 16.3. The predicted octanol–water partition coefficient (Wildman–Crippen LogP) is 3.60. The molecule has 6 rings (SSSR count). The van der Waals surface area contributed by atoms with Crippen molar-refractivity contribution in [3.8, 4) is 0 Å². The number of nitrogens with zero attached hydrogens (tertiary/aromatic N) is 1. The number of nitrogens with one attached hydrogen (secondary N) is 1. The van der Waals surface area contributed by atoms with E-state index in [1.807, 2.05) is 6.07 Å². The summed E-state index contributed by atoms with van der Waals surface area (Å²) in [6.07, 6.45) is 9.02. The van der Waals surface area contributed by atoms with Crippen LogP contribution in [0.3, 0.4) is 0 Å². The first kappa shape index (κ1) is 18.5. The molecule has 1 aromatic carbocycles. The van der Waals surface area contributed by atoms with Crippen molar-refractivity contribution in [3.63, 3.8) is 0 Å². The van der Waals surface area contributed by atoms with Crippen molar-refractivity contribution in [3.05, 3.63) is 30.3 Å². The predicted molar refractivity (Wildman–Crippen MR) is 108 cm³/mol. The van der Waals surface area contributed by atoms with Crippen molar-refractivity contribution in [1.29, 1.82) is 0 Å². The minimum Gasteiger partial charge on any atom is -0.333 e. The van der Waals surface area contributed by atoms with Gasteiger partial charge in [0.1, 0.15) is 0 Å². The van der Waals surface area contributed by atoms with Gasteiger partial charge in [-0.1, -0.05) is 18.2 Å². The maximum Gasteiger partial charge on any atom is 0.318 e. The molecule has 5 nitrogen and oxygen atoms in total. The highest BCUT2D eigenvalue weighted by molar-refractivity contribution is 7.91. The average Bonchev–Trinajstić information content (AvgIpc) is 3.08. The minimum absolute atomic E-state index is 0.0192. The standard InChI is InChI=1S/C22H30N2O3S/c25-21(23-22-12-16-9-17(13-22)11-18(10-16)14-22)24-8-4-5-19(24)15-28(26,27)20-6-2-1-3-7-20/h1-3,6-7,16-19H,4-5,8-15H2,(H,23,25). The number of amides is 2. The van der Waals surface area contributed by atoms with Crippen LogP contribution in [0.1, 0.15) is 51.4 Å². The van der Waals surface area contributed by atoms with Crippen molar-refractivity contribution < 1.29 is 13.2 Å². The molecule has 2 amide bonds. The van der Waals surface area contributed by atoms with Gasteiger partial charge in [0.2, 0.25) is 0 Å². The largest absolute Gasteiger partial charge is 0.333 e. The number of hydrogen-bond donors (Lipinski definition) is 1. The normalized spacial score (nSPS) is 36.6. The maximum absolute atomic E-state index is 13.2. The summed E-state index contributed by atoms with van der Waals surface area (Å²) in [6, 6.07) is 8.35. The molecule has 1 aromatic rings. The fraction of sp³-hybridized carbons (Fsp3) is 0.682. The molecule has 28 heavy (non-hydrogen) atoms. The SMILES string of the molecule is O=C(NC12CC3CC(CC(C3)C1)C2)N1CCCC1CS(=O)(=O)c1ccccc1. The third kappa shape index (κ3) is 3.34. The average molecular weight is 403 g/mol. The first-order chi connectivity index (χ1) is 13.4. The molecule has 1 unspecified atom stereocenters. The summed E-state index contributed by atoms with van der Waals surface area (Å²) in [5.74, 6) is 2.35. The van der Waals surface area contributed by atoms with Gasteiger partial charge in [0.05, 0.1) is 10.6 Å². The van der Waals surface area contributed by atoms with Gasteiger partial charge in [-0.15, -0.1) is 0 Å². The Labute approximate surface area is 167 Å². The number of carbonyl (C=O) groups excluding carboxylic acids is 1. The molecule has 1 aliphatic heterocycles. The molecule has 1 heterocycles. The van der Waals surface area contributed by atoms with E-state index in [4.69, 9.17) is 0 Å². The van der Waals surface area contributed by atoms with E-state index in [-0.39, 0.29) is 23.4 Å². The molecule has 152 valence electrons. The van der Waals surface area contributed by atoms with Gasteiger partial charge < -0.3 is 10.2 Å². The van der Waals surface area contributed by atoms with Crippen LogP contribution in [0.15, 0.2) is 35.2 Å². The van der Waals surface area contributed by atoms with Crippen LogP contribution < -0.4 is 5.32 Å². The second kappa shape index (κ2) is 6.75. The van der Waals surface area contributed by atoms with E-state index in [9.17, 15) is 13.2 Å². The fourth-order valence-electron chi connectivity index (χ4n) is 6.82. The third-order valence-corrected chi connectivity index (χ3v) is 9.38. The first-order valence-corrected chi connectivity index (χ1v) is 12.4. The van der Waals surface area contributed by atoms with Crippen LogP contribution in [0, 0.1) is 17.8 Å². The van der Waals surface area contributed by atoms with Crippen LogP contribution >= 0.6 is 0 Å². The van der Waals surface area contributed by atoms with Crippen molar-refractivity contribution in [1.82, 2.24) is 10.2 Å². The molecule has 5 aliphatic rings. The Morgan fingerprint density at radius 2 is 1.64 bits per heavy atom. The van der Waals surface area contributed by atoms with E-state index < -0.39 is 9.84 Å². The van der Waals surface area contributed by atoms with Gasteiger partial charge in [0, 0.05) is 18.1 Å². The van der Waals surface area contributed by atoms with E-state index in [1.54, 1.807) is 29.2 Å². The Kier molecular flexibility index (Phi) is 4.45. The van der Waals surface area contributed by atoms with Gasteiger partial charge >= 0.3 is 6.03 Å². The molecule has 4 aliphatic carbocycles. The second-order valence-corrected chi connectivity index (χ2v) is 11.7. The van der Waals surface area contributed by atoms with Crippen LogP contribution in [-0.2, 0) is 9.84 Å². The summed E-state index contributed by atoms with van der Waals surface area (Å²) >= 11 is 0. The van der Waals surface area contributed by atoms with Crippen molar-refractivity contribution >= 4 is 15.9 Å². The molecule has 1 N–H and O–H groups in total. The van der Waals surface area contributed by atoms with Crippen molar-refractivity contribution in [2.75, 3.05) is 12.3 Å². The van der Waals surface area contributed by atoms with Crippen LogP contribution in [0.25, 0.3) is 0 Å². The number of rotatable bonds is 4. The van der Waals surface area contributed by atoms with Gasteiger partial charge in [-0.25, -0.2) is 13.2 Å². The van der Waals surface area contributed by atoms with Crippen molar-refractivity contribution in [2.45, 2.75) is 67.8 Å². The smallest absolute Gasteiger partial charge is 0.318 e. The topological polar surface area (TPSA) is 66.5 Å². The molecular formula is C22H30N2O3S.